The van der Waals surface area contributed by atoms with Gasteiger partial charge in [-0.2, -0.15) is 0 Å². The summed E-state index contributed by atoms with van der Waals surface area (Å²) >= 11 is 5.19. The third-order valence-electron chi connectivity index (χ3n) is 2.52. The lowest BCUT2D eigenvalue weighted by Gasteiger charge is -2.06. The fraction of sp³-hybridized carbons (Fsp3) is 0.429. The summed E-state index contributed by atoms with van der Waals surface area (Å²) in [6.07, 6.45) is 0.835. The Labute approximate surface area is 126 Å². The summed E-state index contributed by atoms with van der Waals surface area (Å²) in [5.41, 5.74) is 0. The number of halogens is 1. The molecule has 0 amide bonds. The van der Waals surface area contributed by atoms with Crippen LogP contribution in [0, 0.1) is 5.92 Å². The quantitative estimate of drug-likeness (QED) is 0.726. The van der Waals surface area contributed by atoms with Crippen molar-refractivity contribution < 1.29 is 4.42 Å². The van der Waals surface area contributed by atoms with Gasteiger partial charge >= 0.3 is 0 Å². The smallest absolute Gasteiger partial charge is 0.229 e. The molecule has 0 saturated carbocycles. The molecule has 0 saturated heterocycles. The first kappa shape index (κ1) is 14.6. The van der Waals surface area contributed by atoms with Crippen LogP contribution in [0.15, 0.2) is 38.1 Å². The van der Waals surface area contributed by atoms with Crippen molar-refractivity contribution in [2.24, 2.45) is 5.92 Å². The van der Waals surface area contributed by atoms with Crippen LogP contribution < -0.4 is 0 Å². The molecule has 0 N–H and O–H groups in total. The highest BCUT2D eigenvalue weighted by molar-refractivity contribution is 9.10. The maximum atomic E-state index is 5.70. The van der Waals surface area contributed by atoms with Gasteiger partial charge < -0.3 is 4.42 Å². The van der Waals surface area contributed by atoms with Gasteiger partial charge in [0.05, 0.1) is 5.25 Å². The zero-order chi connectivity index (χ0) is 13.8. The van der Waals surface area contributed by atoms with Crippen molar-refractivity contribution in [1.29, 1.82) is 0 Å². The molecule has 0 fully saturated rings. The normalized spacial score (nSPS) is 12.9. The zero-order valence-electron chi connectivity index (χ0n) is 11.3. The van der Waals surface area contributed by atoms with Gasteiger partial charge in [-0.25, -0.2) is 0 Å². The average molecular weight is 341 g/mol. The van der Waals surface area contributed by atoms with Crippen LogP contribution in [0.5, 0.6) is 0 Å². The Hall–Kier alpha value is -0.810. The van der Waals surface area contributed by atoms with E-state index in [0.717, 1.165) is 16.8 Å². The summed E-state index contributed by atoms with van der Waals surface area (Å²) in [6, 6.07) is 8.21. The lowest BCUT2D eigenvalue weighted by Crippen LogP contribution is -1.93. The number of aromatic nitrogens is 2. The van der Waals surface area contributed by atoms with Gasteiger partial charge in [0.2, 0.25) is 11.8 Å². The molecule has 0 aliphatic carbocycles. The summed E-state index contributed by atoms with van der Waals surface area (Å²) in [7, 11) is 0. The Morgan fingerprint density at radius 2 is 2.05 bits per heavy atom. The molecular formula is C14H17BrN2OS. The minimum absolute atomic E-state index is 0.155. The van der Waals surface area contributed by atoms with Crippen molar-refractivity contribution >= 4 is 27.7 Å². The Kier molecular flexibility index (Phi) is 5.05. The topological polar surface area (TPSA) is 38.9 Å². The van der Waals surface area contributed by atoms with Crippen molar-refractivity contribution in [2.45, 2.75) is 37.3 Å². The first-order chi connectivity index (χ1) is 9.04. The van der Waals surface area contributed by atoms with Gasteiger partial charge in [0.15, 0.2) is 0 Å². The minimum atomic E-state index is 0.155. The van der Waals surface area contributed by atoms with Gasteiger partial charge in [0.1, 0.15) is 0 Å². The van der Waals surface area contributed by atoms with Gasteiger partial charge in [-0.15, -0.1) is 22.0 Å². The third-order valence-corrected chi connectivity index (χ3v) is 4.10. The largest absolute Gasteiger partial charge is 0.424 e. The van der Waals surface area contributed by atoms with Crippen LogP contribution in [-0.2, 0) is 6.42 Å². The Balaban J connectivity index is 2.03. The standard InChI is InChI=1S/C14H17BrN2OS/c1-9(2)7-13-16-17-14(18-13)10(3)19-12-6-4-5-11(15)8-12/h4-6,8-10H,7H2,1-3H3. The number of hydrogen-bond donors (Lipinski definition) is 0. The minimum Gasteiger partial charge on any atom is -0.424 e. The van der Waals surface area contributed by atoms with Crippen molar-refractivity contribution in [1.82, 2.24) is 10.2 Å². The second kappa shape index (κ2) is 6.57. The van der Waals surface area contributed by atoms with Crippen LogP contribution in [0.3, 0.4) is 0 Å². The van der Waals surface area contributed by atoms with Crippen LogP contribution in [-0.4, -0.2) is 10.2 Å². The maximum absolute atomic E-state index is 5.70. The number of nitrogens with zero attached hydrogens (tertiary/aromatic N) is 2. The van der Waals surface area contributed by atoms with Crippen molar-refractivity contribution in [3.8, 4) is 0 Å². The molecule has 0 radical (unpaired) electrons. The van der Waals surface area contributed by atoms with Crippen LogP contribution in [0.1, 0.15) is 37.8 Å². The Morgan fingerprint density at radius 1 is 1.26 bits per heavy atom. The number of rotatable bonds is 5. The van der Waals surface area contributed by atoms with Gasteiger partial charge in [0.25, 0.3) is 0 Å². The van der Waals surface area contributed by atoms with Gasteiger partial charge in [-0.05, 0) is 31.0 Å². The molecule has 1 heterocycles. The highest BCUT2D eigenvalue weighted by Crippen LogP contribution is 2.35. The molecule has 0 aliphatic heterocycles. The molecule has 2 aromatic rings. The van der Waals surface area contributed by atoms with E-state index in [1.807, 2.05) is 12.1 Å². The average Bonchev–Trinajstić information content (AvgIpc) is 2.76. The second-order valence-corrected chi connectivity index (χ2v) is 7.18. The third kappa shape index (κ3) is 4.35. The summed E-state index contributed by atoms with van der Waals surface area (Å²) in [5.74, 6) is 1.95. The molecule has 2 rings (SSSR count). The van der Waals surface area contributed by atoms with E-state index in [-0.39, 0.29) is 5.25 Å². The van der Waals surface area contributed by atoms with Crippen LogP contribution >= 0.6 is 27.7 Å². The fourth-order valence-electron chi connectivity index (χ4n) is 1.66. The fourth-order valence-corrected chi connectivity index (χ4v) is 3.16. The van der Waals surface area contributed by atoms with Crippen molar-refractivity contribution in [2.75, 3.05) is 0 Å². The first-order valence-corrected chi connectivity index (χ1v) is 7.96. The predicted molar refractivity (Wildman–Crippen MR) is 81.3 cm³/mol. The van der Waals surface area contributed by atoms with E-state index in [9.17, 15) is 0 Å². The van der Waals surface area contributed by atoms with E-state index in [0.29, 0.717) is 11.8 Å². The van der Waals surface area contributed by atoms with Crippen molar-refractivity contribution in [3.05, 3.63) is 40.5 Å². The van der Waals surface area contributed by atoms with Gasteiger partial charge in [0, 0.05) is 15.8 Å². The summed E-state index contributed by atoms with van der Waals surface area (Å²) in [4.78, 5) is 1.19. The summed E-state index contributed by atoms with van der Waals surface area (Å²) < 4.78 is 6.78. The van der Waals surface area contributed by atoms with Gasteiger partial charge in [-0.1, -0.05) is 35.8 Å². The molecule has 1 aromatic heterocycles. The van der Waals surface area contributed by atoms with Crippen LogP contribution in [0.25, 0.3) is 0 Å². The SMILES string of the molecule is CC(C)Cc1nnc(C(C)Sc2cccc(Br)c2)o1. The molecule has 1 aromatic carbocycles. The van der Waals surface area contributed by atoms with E-state index < -0.39 is 0 Å². The van der Waals surface area contributed by atoms with E-state index >= 15 is 0 Å². The molecule has 102 valence electrons. The lowest BCUT2D eigenvalue weighted by molar-refractivity contribution is 0.426. The second-order valence-electron chi connectivity index (χ2n) is 4.85. The van der Waals surface area contributed by atoms with Gasteiger partial charge in [-0.3, -0.25) is 0 Å². The molecule has 1 atom stereocenters. The molecule has 0 aliphatic rings. The zero-order valence-corrected chi connectivity index (χ0v) is 13.7. The highest BCUT2D eigenvalue weighted by Gasteiger charge is 2.16. The summed E-state index contributed by atoms with van der Waals surface area (Å²) in [6.45, 7) is 6.37. The Morgan fingerprint density at radius 3 is 2.74 bits per heavy atom. The Bertz CT molecular complexity index is 542. The number of thioether (sulfide) groups is 1. The lowest BCUT2D eigenvalue weighted by atomic mass is 10.1. The van der Waals surface area contributed by atoms with E-state index in [1.54, 1.807) is 11.8 Å². The molecule has 19 heavy (non-hydrogen) atoms. The van der Waals surface area contributed by atoms with Crippen LogP contribution in [0.2, 0.25) is 0 Å². The first-order valence-electron chi connectivity index (χ1n) is 6.29. The number of hydrogen-bond acceptors (Lipinski definition) is 4. The number of benzene rings is 1. The van der Waals surface area contributed by atoms with Crippen LogP contribution in [0.4, 0.5) is 0 Å². The van der Waals surface area contributed by atoms with E-state index in [4.69, 9.17) is 4.42 Å². The molecule has 0 bridgehead atoms. The molecular weight excluding hydrogens is 324 g/mol. The maximum Gasteiger partial charge on any atom is 0.229 e. The van der Waals surface area contributed by atoms with E-state index in [1.165, 1.54) is 4.90 Å². The highest BCUT2D eigenvalue weighted by atomic mass is 79.9. The summed E-state index contributed by atoms with van der Waals surface area (Å²) in [5, 5.41) is 8.39. The van der Waals surface area contributed by atoms with E-state index in [2.05, 4.69) is 59.0 Å². The van der Waals surface area contributed by atoms with Crippen molar-refractivity contribution in [3.63, 3.8) is 0 Å². The molecule has 5 heteroatoms. The molecule has 0 spiro atoms. The molecule has 3 nitrogen and oxygen atoms in total. The monoisotopic (exact) mass is 340 g/mol. The molecule has 1 unspecified atom stereocenters. The predicted octanol–water partition coefficient (Wildman–Crippen LogP) is 4.88.